The van der Waals surface area contributed by atoms with Crippen molar-refractivity contribution in [3.05, 3.63) is 29.8 Å². The van der Waals surface area contributed by atoms with Crippen LogP contribution in [0.5, 0.6) is 0 Å². The van der Waals surface area contributed by atoms with Crippen molar-refractivity contribution in [3.8, 4) is 0 Å². The Kier molecular flexibility index (Phi) is 4.09. The van der Waals surface area contributed by atoms with Crippen molar-refractivity contribution in [2.45, 2.75) is 13.8 Å². The van der Waals surface area contributed by atoms with Crippen molar-refractivity contribution in [3.63, 3.8) is 0 Å². The Morgan fingerprint density at radius 2 is 1.71 bits per heavy atom. The molecule has 3 heteroatoms. The van der Waals surface area contributed by atoms with Gasteiger partial charge < -0.3 is 5.11 Å². The quantitative estimate of drug-likeness (QED) is 0.775. The maximum atomic E-state index is 10.6. The number of rotatable bonds is 4. The molecule has 0 aliphatic rings. The fraction of sp³-hybridized carbons (Fsp3) is 0.364. The first-order valence-electron chi connectivity index (χ1n) is 4.77. The minimum Gasteiger partial charge on any atom is -0.478 e. The van der Waals surface area contributed by atoms with Crippen LogP contribution < -0.4 is 5.30 Å². The monoisotopic (exact) mass is 210 g/mol. The highest BCUT2D eigenvalue weighted by Gasteiger charge is 2.07. The summed E-state index contributed by atoms with van der Waals surface area (Å²) in [5, 5.41) is 10.0. The van der Waals surface area contributed by atoms with Gasteiger partial charge in [-0.2, -0.15) is 0 Å². The van der Waals surface area contributed by atoms with Crippen molar-refractivity contribution in [2.75, 3.05) is 12.3 Å². The largest absolute Gasteiger partial charge is 0.478 e. The summed E-state index contributed by atoms with van der Waals surface area (Å²) in [6.07, 6.45) is 2.33. The molecule has 76 valence electrons. The number of hydrogen-bond donors (Lipinski definition) is 1. The number of carboxylic acid groups (broad SMARTS) is 1. The molecular weight excluding hydrogens is 195 g/mol. The second-order valence-corrected chi connectivity index (χ2v) is 5.89. The standard InChI is InChI=1S/C11H15O2P/c1-3-14(4-2)10-7-5-9(6-8-10)11(12)13/h5-8H,3-4H2,1-2H3,(H,12,13). The molecule has 1 rings (SSSR count). The fourth-order valence-electron chi connectivity index (χ4n) is 1.40. The summed E-state index contributed by atoms with van der Waals surface area (Å²) in [7, 11) is -0.0759. The van der Waals surface area contributed by atoms with Gasteiger partial charge in [-0.3, -0.25) is 0 Å². The van der Waals surface area contributed by atoms with Crippen LogP contribution in [0.4, 0.5) is 0 Å². The van der Waals surface area contributed by atoms with Crippen LogP contribution in [0, 0.1) is 0 Å². The Balaban J connectivity index is 2.87. The van der Waals surface area contributed by atoms with Gasteiger partial charge in [0.1, 0.15) is 0 Å². The Bertz CT molecular complexity index is 302. The second-order valence-electron chi connectivity index (χ2n) is 3.02. The number of aromatic carboxylic acids is 1. The van der Waals surface area contributed by atoms with Crippen LogP contribution in [0.25, 0.3) is 0 Å². The predicted octanol–water partition coefficient (Wildman–Crippen LogP) is 2.53. The van der Waals surface area contributed by atoms with Gasteiger partial charge in [-0.05, 0) is 29.8 Å². The van der Waals surface area contributed by atoms with Crippen LogP contribution in [0.1, 0.15) is 24.2 Å². The van der Waals surface area contributed by atoms with Gasteiger partial charge in [0.05, 0.1) is 5.56 Å². The van der Waals surface area contributed by atoms with E-state index < -0.39 is 5.97 Å². The van der Waals surface area contributed by atoms with Gasteiger partial charge >= 0.3 is 5.97 Å². The van der Waals surface area contributed by atoms with Gasteiger partial charge in [-0.25, -0.2) is 4.79 Å². The van der Waals surface area contributed by atoms with Gasteiger partial charge in [0.15, 0.2) is 0 Å². The van der Waals surface area contributed by atoms with Crippen LogP contribution in [-0.4, -0.2) is 23.4 Å². The molecule has 1 N–H and O–H groups in total. The van der Waals surface area contributed by atoms with Gasteiger partial charge in [-0.15, -0.1) is 0 Å². The summed E-state index contributed by atoms with van der Waals surface area (Å²) in [6, 6.07) is 7.28. The van der Waals surface area contributed by atoms with E-state index in [1.54, 1.807) is 12.1 Å². The Morgan fingerprint density at radius 3 is 2.07 bits per heavy atom. The normalized spacial score (nSPS) is 10.5. The van der Waals surface area contributed by atoms with Gasteiger partial charge in [0.25, 0.3) is 0 Å². The molecule has 0 heterocycles. The molecular formula is C11H15O2P. The smallest absolute Gasteiger partial charge is 0.335 e. The molecule has 0 amide bonds. The van der Waals surface area contributed by atoms with E-state index in [0.717, 1.165) is 12.3 Å². The Morgan fingerprint density at radius 1 is 1.21 bits per heavy atom. The van der Waals surface area contributed by atoms with E-state index in [9.17, 15) is 4.79 Å². The highest BCUT2D eigenvalue weighted by atomic mass is 31.1. The van der Waals surface area contributed by atoms with E-state index in [0.29, 0.717) is 5.56 Å². The molecule has 1 aromatic rings. The van der Waals surface area contributed by atoms with Crippen molar-refractivity contribution in [1.82, 2.24) is 0 Å². The number of carbonyl (C=O) groups is 1. The first-order chi connectivity index (χ1) is 6.69. The van der Waals surface area contributed by atoms with Crippen LogP contribution in [0.15, 0.2) is 24.3 Å². The zero-order valence-corrected chi connectivity index (χ0v) is 9.42. The van der Waals surface area contributed by atoms with Gasteiger partial charge in [0.2, 0.25) is 0 Å². The van der Waals surface area contributed by atoms with Crippen molar-refractivity contribution in [1.29, 1.82) is 0 Å². The molecule has 0 fully saturated rings. The highest BCUT2D eigenvalue weighted by molar-refractivity contribution is 7.65. The van der Waals surface area contributed by atoms with Crippen LogP contribution in [0.3, 0.4) is 0 Å². The molecule has 14 heavy (non-hydrogen) atoms. The Labute approximate surface area is 85.7 Å². The molecule has 0 radical (unpaired) electrons. The predicted molar refractivity (Wildman–Crippen MR) is 61.0 cm³/mol. The maximum Gasteiger partial charge on any atom is 0.335 e. The van der Waals surface area contributed by atoms with Gasteiger partial charge in [0, 0.05) is 0 Å². The molecule has 1 aromatic carbocycles. The number of carboxylic acids is 1. The third-order valence-electron chi connectivity index (χ3n) is 2.24. The van der Waals surface area contributed by atoms with Crippen LogP contribution >= 0.6 is 7.92 Å². The SMILES string of the molecule is CCP(CC)c1ccc(C(=O)O)cc1. The molecule has 0 aliphatic carbocycles. The minimum atomic E-state index is -0.853. The number of hydrogen-bond acceptors (Lipinski definition) is 1. The van der Waals surface area contributed by atoms with Crippen molar-refractivity contribution >= 4 is 19.2 Å². The highest BCUT2D eigenvalue weighted by Crippen LogP contribution is 2.32. The zero-order chi connectivity index (χ0) is 10.6. The lowest BCUT2D eigenvalue weighted by Crippen LogP contribution is -2.05. The molecule has 0 saturated carbocycles. The van der Waals surface area contributed by atoms with Crippen molar-refractivity contribution < 1.29 is 9.90 Å². The third-order valence-corrected chi connectivity index (χ3v) is 4.80. The molecule has 0 spiro atoms. The van der Waals surface area contributed by atoms with Crippen LogP contribution in [-0.2, 0) is 0 Å². The summed E-state index contributed by atoms with van der Waals surface area (Å²) >= 11 is 0. The summed E-state index contributed by atoms with van der Waals surface area (Å²) in [5.74, 6) is -0.853. The zero-order valence-electron chi connectivity index (χ0n) is 8.53. The van der Waals surface area contributed by atoms with Crippen molar-refractivity contribution in [2.24, 2.45) is 0 Å². The number of benzene rings is 1. The fourth-order valence-corrected chi connectivity index (χ4v) is 3.15. The summed E-state index contributed by atoms with van der Waals surface area (Å²) in [4.78, 5) is 10.6. The van der Waals surface area contributed by atoms with E-state index in [1.807, 2.05) is 12.1 Å². The van der Waals surface area contributed by atoms with Gasteiger partial charge in [-0.1, -0.05) is 33.9 Å². The lowest BCUT2D eigenvalue weighted by Gasteiger charge is -2.13. The first-order valence-corrected chi connectivity index (χ1v) is 6.48. The third kappa shape index (κ3) is 2.55. The molecule has 0 unspecified atom stereocenters. The summed E-state index contributed by atoms with van der Waals surface area (Å²) < 4.78 is 0. The molecule has 0 aliphatic heterocycles. The van der Waals surface area contributed by atoms with E-state index in [4.69, 9.17) is 5.11 Å². The average molecular weight is 210 g/mol. The first kappa shape index (κ1) is 11.2. The molecule has 0 saturated heterocycles. The second kappa shape index (κ2) is 5.11. The van der Waals surface area contributed by atoms with E-state index in [1.165, 1.54) is 5.30 Å². The molecule has 0 aromatic heterocycles. The topological polar surface area (TPSA) is 37.3 Å². The summed E-state index contributed by atoms with van der Waals surface area (Å²) in [5.41, 5.74) is 0.371. The van der Waals surface area contributed by atoms with E-state index in [2.05, 4.69) is 13.8 Å². The lowest BCUT2D eigenvalue weighted by molar-refractivity contribution is 0.0697. The maximum absolute atomic E-state index is 10.6. The average Bonchev–Trinajstić information content (AvgIpc) is 2.20. The molecule has 0 bridgehead atoms. The lowest BCUT2D eigenvalue weighted by atomic mass is 10.2. The Hall–Kier alpha value is -0.880. The summed E-state index contributed by atoms with van der Waals surface area (Å²) in [6.45, 7) is 4.36. The minimum absolute atomic E-state index is 0.0759. The van der Waals surface area contributed by atoms with E-state index in [-0.39, 0.29) is 7.92 Å². The molecule has 0 atom stereocenters. The van der Waals surface area contributed by atoms with E-state index >= 15 is 0 Å². The molecule has 2 nitrogen and oxygen atoms in total. The van der Waals surface area contributed by atoms with Crippen LogP contribution in [0.2, 0.25) is 0 Å².